The molecule has 1 heterocycles. The van der Waals surface area contributed by atoms with E-state index in [0.717, 1.165) is 17.3 Å². The van der Waals surface area contributed by atoms with E-state index in [1.807, 2.05) is 30.3 Å². The molecule has 19 heavy (non-hydrogen) atoms. The fourth-order valence-corrected chi connectivity index (χ4v) is 2.21. The number of aromatic nitrogens is 1. The van der Waals surface area contributed by atoms with E-state index in [1.54, 1.807) is 6.07 Å². The van der Waals surface area contributed by atoms with Gasteiger partial charge in [-0.25, -0.2) is 4.98 Å². The van der Waals surface area contributed by atoms with Crippen LogP contribution in [0.4, 0.5) is 0 Å². The third-order valence-electron chi connectivity index (χ3n) is 3.04. The molecule has 1 aromatic carbocycles. The lowest BCUT2D eigenvalue weighted by Gasteiger charge is -2.10. The minimum atomic E-state index is -0.132. The Morgan fingerprint density at radius 3 is 2.89 bits per heavy atom. The minimum absolute atomic E-state index is 0.132. The fourth-order valence-electron chi connectivity index (χ4n) is 1.84. The summed E-state index contributed by atoms with van der Waals surface area (Å²) in [6.07, 6.45) is 0.896. The first kappa shape index (κ1) is 13.8. The van der Waals surface area contributed by atoms with Crippen molar-refractivity contribution in [2.45, 2.75) is 13.3 Å². The molecule has 4 heteroatoms. The van der Waals surface area contributed by atoms with Gasteiger partial charge in [-0.05, 0) is 24.5 Å². The third kappa shape index (κ3) is 3.67. The summed E-state index contributed by atoms with van der Waals surface area (Å²) in [5, 5.41) is 3.92. The van der Waals surface area contributed by atoms with Gasteiger partial charge in [0.15, 0.2) is 0 Å². The molecule has 1 unspecified atom stereocenters. The van der Waals surface area contributed by atoms with E-state index in [9.17, 15) is 4.79 Å². The summed E-state index contributed by atoms with van der Waals surface area (Å²) >= 11 is 5.67. The summed E-state index contributed by atoms with van der Waals surface area (Å²) in [5.41, 5.74) is 1.29. The highest BCUT2D eigenvalue weighted by Crippen LogP contribution is 2.11. The molecule has 0 radical (unpaired) electrons. The van der Waals surface area contributed by atoms with Gasteiger partial charge in [-0.2, -0.15) is 0 Å². The van der Waals surface area contributed by atoms with Crippen molar-refractivity contribution in [2.24, 2.45) is 5.92 Å². The van der Waals surface area contributed by atoms with Gasteiger partial charge >= 0.3 is 0 Å². The molecule has 2 rings (SSSR count). The van der Waals surface area contributed by atoms with Gasteiger partial charge in [-0.1, -0.05) is 31.2 Å². The lowest BCUT2D eigenvalue weighted by molar-refractivity contribution is 0.0943. The highest BCUT2D eigenvalue weighted by molar-refractivity contribution is 6.17. The van der Waals surface area contributed by atoms with E-state index in [2.05, 4.69) is 17.2 Å². The Hall–Kier alpha value is -1.61. The van der Waals surface area contributed by atoms with Gasteiger partial charge in [0.2, 0.25) is 0 Å². The van der Waals surface area contributed by atoms with Crippen LogP contribution in [0.3, 0.4) is 0 Å². The van der Waals surface area contributed by atoms with Crippen LogP contribution in [0.1, 0.15) is 23.8 Å². The van der Waals surface area contributed by atoms with E-state index < -0.39 is 0 Å². The topological polar surface area (TPSA) is 42.0 Å². The zero-order chi connectivity index (χ0) is 13.7. The van der Waals surface area contributed by atoms with Crippen molar-refractivity contribution in [1.82, 2.24) is 10.3 Å². The van der Waals surface area contributed by atoms with E-state index in [1.165, 1.54) is 0 Å². The number of hydrogen-bond donors (Lipinski definition) is 1. The van der Waals surface area contributed by atoms with Gasteiger partial charge in [0, 0.05) is 17.8 Å². The van der Waals surface area contributed by atoms with Crippen molar-refractivity contribution in [1.29, 1.82) is 0 Å². The van der Waals surface area contributed by atoms with E-state index >= 15 is 0 Å². The van der Waals surface area contributed by atoms with Gasteiger partial charge < -0.3 is 5.32 Å². The molecule has 0 aliphatic rings. The Morgan fingerprint density at radius 2 is 2.11 bits per heavy atom. The Balaban J connectivity index is 2.05. The molecule has 0 aliphatic heterocycles. The monoisotopic (exact) mass is 276 g/mol. The maximum atomic E-state index is 12.0. The summed E-state index contributed by atoms with van der Waals surface area (Å²) in [5.74, 6) is 0.861. The van der Waals surface area contributed by atoms with Crippen molar-refractivity contribution in [3.63, 3.8) is 0 Å². The lowest BCUT2D eigenvalue weighted by Crippen LogP contribution is -2.29. The average Bonchev–Trinajstić information content (AvgIpc) is 2.44. The number of carbonyl (C=O) groups excluding carboxylic acids is 1. The van der Waals surface area contributed by atoms with Crippen molar-refractivity contribution in [2.75, 3.05) is 12.4 Å². The van der Waals surface area contributed by atoms with Crippen LogP contribution in [0.2, 0.25) is 0 Å². The number of nitrogens with one attached hydrogen (secondary N) is 1. The Labute approximate surface area is 118 Å². The first-order chi connectivity index (χ1) is 9.20. The Morgan fingerprint density at radius 1 is 1.32 bits per heavy atom. The number of halogens is 1. The highest BCUT2D eigenvalue weighted by atomic mass is 35.5. The predicted octanol–water partition coefficient (Wildman–Crippen LogP) is 3.23. The molecule has 0 saturated carbocycles. The van der Waals surface area contributed by atoms with Crippen LogP contribution >= 0.6 is 11.6 Å². The predicted molar refractivity (Wildman–Crippen MR) is 78.6 cm³/mol. The van der Waals surface area contributed by atoms with Gasteiger partial charge in [-0.15, -0.1) is 11.6 Å². The number of para-hydroxylation sites is 1. The first-order valence-electron chi connectivity index (χ1n) is 6.40. The number of pyridine rings is 1. The molecule has 0 bridgehead atoms. The van der Waals surface area contributed by atoms with Gasteiger partial charge in [-0.3, -0.25) is 4.79 Å². The zero-order valence-electron chi connectivity index (χ0n) is 10.9. The maximum absolute atomic E-state index is 12.0. The summed E-state index contributed by atoms with van der Waals surface area (Å²) in [4.78, 5) is 16.4. The quantitative estimate of drug-likeness (QED) is 0.852. The molecule has 3 nitrogen and oxygen atoms in total. The van der Waals surface area contributed by atoms with Crippen LogP contribution < -0.4 is 5.32 Å². The van der Waals surface area contributed by atoms with Crippen LogP contribution in [0.25, 0.3) is 10.9 Å². The molecule has 1 aromatic heterocycles. The van der Waals surface area contributed by atoms with Crippen LogP contribution in [-0.4, -0.2) is 23.3 Å². The third-order valence-corrected chi connectivity index (χ3v) is 3.26. The summed E-state index contributed by atoms with van der Waals surface area (Å²) in [7, 11) is 0. The Bertz CT molecular complexity index is 571. The zero-order valence-corrected chi connectivity index (χ0v) is 11.7. The summed E-state index contributed by atoms with van der Waals surface area (Å²) in [6.45, 7) is 2.69. The number of alkyl halides is 1. The van der Waals surface area contributed by atoms with E-state index in [-0.39, 0.29) is 5.91 Å². The number of amides is 1. The normalized spacial score (nSPS) is 12.3. The van der Waals surface area contributed by atoms with Gasteiger partial charge in [0.1, 0.15) is 5.69 Å². The van der Waals surface area contributed by atoms with Crippen molar-refractivity contribution < 1.29 is 4.79 Å². The second-order valence-corrected chi connectivity index (χ2v) is 5.06. The summed E-state index contributed by atoms with van der Waals surface area (Å²) in [6, 6.07) is 11.4. The van der Waals surface area contributed by atoms with Crippen molar-refractivity contribution >= 4 is 28.4 Å². The van der Waals surface area contributed by atoms with Crippen LogP contribution in [-0.2, 0) is 0 Å². The van der Waals surface area contributed by atoms with Crippen LogP contribution in [0, 0.1) is 5.92 Å². The molecule has 1 amide bonds. The van der Waals surface area contributed by atoms with E-state index in [4.69, 9.17) is 11.6 Å². The molecular formula is C15H17ClN2O. The number of rotatable bonds is 5. The molecule has 0 spiro atoms. The molecular weight excluding hydrogens is 260 g/mol. The molecule has 0 saturated heterocycles. The minimum Gasteiger partial charge on any atom is -0.350 e. The molecule has 100 valence electrons. The maximum Gasteiger partial charge on any atom is 0.269 e. The fraction of sp³-hybridized carbons (Fsp3) is 0.333. The van der Waals surface area contributed by atoms with Crippen LogP contribution in [0.15, 0.2) is 36.4 Å². The number of carbonyl (C=O) groups is 1. The van der Waals surface area contributed by atoms with Crippen molar-refractivity contribution in [3.05, 3.63) is 42.1 Å². The molecule has 2 aromatic rings. The molecule has 0 aliphatic carbocycles. The molecule has 1 atom stereocenters. The largest absolute Gasteiger partial charge is 0.350 e. The smallest absolute Gasteiger partial charge is 0.269 e. The number of hydrogen-bond acceptors (Lipinski definition) is 2. The number of nitrogens with zero attached hydrogens (tertiary/aromatic N) is 1. The van der Waals surface area contributed by atoms with Crippen LogP contribution in [0.5, 0.6) is 0 Å². The number of benzene rings is 1. The standard InChI is InChI=1S/C15H17ClN2O/c1-11(8-9-16)10-17-15(19)14-7-6-12-4-2-3-5-13(12)18-14/h2-7,11H,8-10H2,1H3,(H,17,19). The average molecular weight is 277 g/mol. The highest BCUT2D eigenvalue weighted by Gasteiger charge is 2.09. The number of fused-ring (bicyclic) bond motifs is 1. The molecule has 1 N–H and O–H groups in total. The summed E-state index contributed by atoms with van der Waals surface area (Å²) < 4.78 is 0. The second kappa shape index (κ2) is 6.53. The molecule has 0 fully saturated rings. The lowest BCUT2D eigenvalue weighted by atomic mass is 10.1. The van der Waals surface area contributed by atoms with E-state index in [0.29, 0.717) is 24.0 Å². The van der Waals surface area contributed by atoms with Crippen molar-refractivity contribution in [3.8, 4) is 0 Å². The Kier molecular flexibility index (Phi) is 4.74. The van der Waals surface area contributed by atoms with Gasteiger partial charge in [0.25, 0.3) is 5.91 Å². The SMILES string of the molecule is CC(CCCl)CNC(=O)c1ccc2ccccc2n1. The van der Waals surface area contributed by atoms with Gasteiger partial charge in [0.05, 0.1) is 5.52 Å². The second-order valence-electron chi connectivity index (χ2n) is 4.68. The first-order valence-corrected chi connectivity index (χ1v) is 6.94.